The molecule has 2 aromatic carbocycles. The van der Waals surface area contributed by atoms with Crippen LogP contribution in [0.5, 0.6) is 0 Å². The first-order valence-electron chi connectivity index (χ1n) is 14.9. The van der Waals surface area contributed by atoms with Crippen LogP contribution in [0.15, 0.2) is 48.7 Å². The zero-order valence-corrected chi connectivity index (χ0v) is 25.4. The fraction of sp³-hybridized carbons (Fsp3) is 0.364. The monoisotopic (exact) mass is 612 g/mol. The van der Waals surface area contributed by atoms with Crippen molar-refractivity contribution in [3.8, 4) is 17.5 Å². The molecule has 3 aromatic rings. The van der Waals surface area contributed by atoms with Crippen LogP contribution in [0.2, 0.25) is 5.02 Å². The summed E-state index contributed by atoms with van der Waals surface area (Å²) in [6.07, 6.45) is 3.69. The van der Waals surface area contributed by atoms with E-state index in [0.29, 0.717) is 35.8 Å². The highest BCUT2D eigenvalue weighted by Gasteiger charge is 2.39. The first-order valence-corrected chi connectivity index (χ1v) is 15.2. The number of aromatic nitrogens is 2. The van der Waals surface area contributed by atoms with Crippen molar-refractivity contribution < 1.29 is 19.2 Å². The molecule has 1 aromatic heterocycles. The summed E-state index contributed by atoms with van der Waals surface area (Å²) >= 11 is 6.06. The summed E-state index contributed by atoms with van der Waals surface area (Å²) < 4.78 is 1.83. The molecule has 44 heavy (non-hydrogen) atoms. The first-order chi connectivity index (χ1) is 21.2. The Kier molecular flexibility index (Phi) is 8.15. The molecule has 3 aliphatic rings. The Morgan fingerprint density at radius 2 is 1.82 bits per heavy atom. The molecular formula is C33H33ClN6O4. The van der Waals surface area contributed by atoms with E-state index in [1.165, 1.54) is 0 Å². The number of amides is 5. The van der Waals surface area contributed by atoms with Gasteiger partial charge in [0.1, 0.15) is 6.04 Å². The number of fused-ring (bicyclic) bond motifs is 1. The van der Waals surface area contributed by atoms with Crippen LogP contribution in [0.1, 0.15) is 72.6 Å². The molecule has 0 saturated carbocycles. The average molecular weight is 613 g/mol. The third-order valence-electron chi connectivity index (χ3n) is 8.44. The Bertz CT molecular complexity index is 1690. The van der Waals surface area contributed by atoms with Crippen LogP contribution in [0.4, 0.5) is 10.5 Å². The second-order valence-electron chi connectivity index (χ2n) is 11.7. The summed E-state index contributed by atoms with van der Waals surface area (Å²) in [5, 5.41) is 10.6. The maximum atomic E-state index is 13.2. The molecule has 3 aliphatic heterocycles. The van der Waals surface area contributed by atoms with Gasteiger partial charge in [-0.15, -0.1) is 0 Å². The van der Waals surface area contributed by atoms with E-state index in [4.69, 9.17) is 11.6 Å². The molecule has 0 bridgehead atoms. The zero-order valence-electron chi connectivity index (χ0n) is 24.6. The van der Waals surface area contributed by atoms with Gasteiger partial charge in [0.15, 0.2) is 0 Å². The van der Waals surface area contributed by atoms with Crippen LogP contribution in [-0.2, 0) is 16.1 Å². The number of rotatable bonds is 4. The largest absolute Gasteiger partial charge is 0.324 e. The fourth-order valence-electron chi connectivity index (χ4n) is 6.10. The van der Waals surface area contributed by atoms with Crippen molar-refractivity contribution in [1.82, 2.24) is 24.9 Å². The molecule has 0 spiro atoms. The molecule has 1 atom stereocenters. The first kappa shape index (κ1) is 29.5. The van der Waals surface area contributed by atoms with Gasteiger partial charge in [-0.05, 0) is 67.1 Å². The van der Waals surface area contributed by atoms with E-state index < -0.39 is 11.9 Å². The number of piperidine rings is 2. The maximum Gasteiger partial charge on any atom is 0.321 e. The van der Waals surface area contributed by atoms with Crippen LogP contribution >= 0.6 is 11.6 Å². The number of benzene rings is 2. The minimum atomic E-state index is -0.660. The van der Waals surface area contributed by atoms with Crippen molar-refractivity contribution >= 4 is 41.0 Å². The highest BCUT2D eigenvalue weighted by Crippen LogP contribution is 2.31. The molecule has 5 amide bonds. The van der Waals surface area contributed by atoms with E-state index in [2.05, 4.69) is 41.4 Å². The molecular weight excluding hydrogens is 580 g/mol. The van der Waals surface area contributed by atoms with Gasteiger partial charge in [0.05, 0.1) is 23.3 Å². The van der Waals surface area contributed by atoms with Crippen molar-refractivity contribution in [2.75, 3.05) is 18.4 Å². The van der Waals surface area contributed by atoms with Crippen LogP contribution < -0.4 is 10.6 Å². The van der Waals surface area contributed by atoms with Crippen molar-refractivity contribution in [2.45, 2.75) is 58.0 Å². The zero-order chi connectivity index (χ0) is 31.0. The molecule has 2 fully saturated rings. The van der Waals surface area contributed by atoms with Crippen LogP contribution in [-0.4, -0.2) is 62.5 Å². The lowest BCUT2D eigenvalue weighted by atomic mass is 9.96. The van der Waals surface area contributed by atoms with E-state index >= 15 is 0 Å². The number of anilines is 1. The molecule has 0 aliphatic carbocycles. The fourth-order valence-corrected chi connectivity index (χ4v) is 6.23. The van der Waals surface area contributed by atoms with Gasteiger partial charge in [-0.3, -0.25) is 19.7 Å². The second-order valence-corrected chi connectivity index (χ2v) is 12.1. The predicted octanol–water partition coefficient (Wildman–Crippen LogP) is 4.71. The lowest BCUT2D eigenvalue weighted by Gasteiger charge is -2.30. The number of nitrogens with one attached hydrogen (secondary N) is 2. The topological polar surface area (TPSA) is 117 Å². The van der Waals surface area contributed by atoms with Gasteiger partial charge in [0, 0.05) is 48.1 Å². The summed E-state index contributed by atoms with van der Waals surface area (Å²) in [5.74, 6) is 5.93. The van der Waals surface area contributed by atoms with Crippen LogP contribution in [0, 0.1) is 17.8 Å². The molecule has 2 saturated heterocycles. The lowest BCUT2D eigenvalue weighted by Crippen LogP contribution is -2.52. The van der Waals surface area contributed by atoms with E-state index in [-0.39, 0.29) is 42.6 Å². The molecule has 11 heteroatoms. The van der Waals surface area contributed by atoms with Crippen molar-refractivity contribution in [3.63, 3.8) is 0 Å². The summed E-state index contributed by atoms with van der Waals surface area (Å²) in [6, 6.07) is 12.1. The van der Waals surface area contributed by atoms with Gasteiger partial charge in [-0.1, -0.05) is 43.4 Å². The van der Waals surface area contributed by atoms with Gasteiger partial charge < -0.3 is 15.1 Å². The Balaban J connectivity index is 1.09. The van der Waals surface area contributed by atoms with E-state index in [1.807, 2.05) is 41.1 Å². The lowest BCUT2D eigenvalue weighted by molar-refractivity contribution is -0.136. The normalized spacial score (nSPS) is 18.6. The number of likely N-dealkylation sites (tertiary alicyclic amines) is 1. The summed E-state index contributed by atoms with van der Waals surface area (Å²) in [6.45, 7) is 5.56. The third-order valence-corrected chi connectivity index (χ3v) is 8.69. The van der Waals surface area contributed by atoms with Gasteiger partial charge in [-0.2, -0.15) is 5.10 Å². The van der Waals surface area contributed by atoms with Gasteiger partial charge in [0.25, 0.3) is 5.91 Å². The number of hydrogen-bond donors (Lipinski definition) is 2. The molecule has 10 nitrogen and oxygen atoms in total. The molecule has 6 rings (SSSR count). The number of nitrogens with zero attached hydrogens (tertiary/aromatic N) is 4. The number of urea groups is 1. The predicted molar refractivity (Wildman–Crippen MR) is 165 cm³/mol. The highest BCUT2D eigenvalue weighted by atomic mass is 35.5. The quantitative estimate of drug-likeness (QED) is 0.327. The Labute approximate surface area is 260 Å². The number of carbonyl (C=O) groups excluding carboxylic acids is 4. The van der Waals surface area contributed by atoms with E-state index in [0.717, 1.165) is 35.3 Å². The summed E-state index contributed by atoms with van der Waals surface area (Å²) in [7, 11) is 0. The third kappa shape index (κ3) is 5.80. The highest BCUT2D eigenvalue weighted by molar-refractivity contribution is 6.30. The minimum Gasteiger partial charge on any atom is -0.324 e. The van der Waals surface area contributed by atoms with Crippen molar-refractivity contribution in [2.24, 2.45) is 5.92 Å². The van der Waals surface area contributed by atoms with Gasteiger partial charge in [-0.25, -0.2) is 9.48 Å². The van der Waals surface area contributed by atoms with Gasteiger partial charge in [0.2, 0.25) is 11.8 Å². The molecule has 0 radical (unpaired) electrons. The van der Waals surface area contributed by atoms with Gasteiger partial charge >= 0.3 is 6.03 Å². The van der Waals surface area contributed by atoms with E-state index in [9.17, 15) is 19.2 Å². The number of imide groups is 1. The maximum absolute atomic E-state index is 13.2. The SMILES string of the molecule is CC(C)c1c(NC(=O)N2CCC(C#Cc3cccc4c3CN(C3CCC(=O)NC3=O)C4=O)CC2)cnn1-c1ccc(Cl)cc1. The summed E-state index contributed by atoms with van der Waals surface area (Å²) in [4.78, 5) is 53.7. The molecule has 4 heterocycles. The van der Waals surface area contributed by atoms with Crippen LogP contribution in [0.3, 0.4) is 0 Å². The van der Waals surface area contributed by atoms with Crippen molar-refractivity contribution in [1.29, 1.82) is 0 Å². The number of halogens is 1. The Morgan fingerprint density at radius 1 is 1.07 bits per heavy atom. The van der Waals surface area contributed by atoms with E-state index in [1.54, 1.807) is 22.1 Å². The smallest absolute Gasteiger partial charge is 0.321 e. The molecule has 2 N–H and O–H groups in total. The number of carbonyl (C=O) groups is 4. The minimum absolute atomic E-state index is 0.108. The van der Waals surface area contributed by atoms with Crippen molar-refractivity contribution in [3.05, 3.63) is 76.1 Å². The van der Waals surface area contributed by atoms with Crippen LogP contribution in [0.25, 0.3) is 5.69 Å². The Hall–Kier alpha value is -4.62. The number of hydrogen-bond acceptors (Lipinski definition) is 5. The second kappa shape index (κ2) is 12.2. The molecule has 226 valence electrons. The summed E-state index contributed by atoms with van der Waals surface area (Å²) in [5.41, 5.74) is 4.59. The Morgan fingerprint density at radius 3 is 2.52 bits per heavy atom. The average Bonchev–Trinajstić information content (AvgIpc) is 3.58. The standard InChI is InChI=1S/C33H33ClN6O4/c1-20(2)30-27(18-35-40(30)24-10-8-23(34)9-11-24)36-33(44)38-16-14-21(15-17-38)6-7-22-4-3-5-25-26(22)19-39(32(25)43)28-12-13-29(41)37-31(28)42/h3-5,8-11,18,20-21,28H,12-17,19H2,1-2H3,(H,36,44)(H,37,41,42). The molecule has 1 unspecified atom stereocenters.